The Kier molecular flexibility index (Phi) is 6.60. The lowest BCUT2D eigenvalue weighted by atomic mass is 9.94. The molecule has 0 aromatic heterocycles. The van der Waals surface area contributed by atoms with Crippen molar-refractivity contribution in [2.24, 2.45) is 5.14 Å². The van der Waals surface area contributed by atoms with Crippen LogP contribution in [0.25, 0.3) is 0 Å². The number of carbonyl (C=O) groups excluding carboxylic acids is 2. The van der Waals surface area contributed by atoms with Gasteiger partial charge in [0.1, 0.15) is 10.6 Å². The molecule has 0 unspecified atom stereocenters. The van der Waals surface area contributed by atoms with E-state index in [1.165, 1.54) is 25.7 Å². The molecule has 2 rings (SSSR count). The summed E-state index contributed by atoms with van der Waals surface area (Å²) in [5.41, 5.74) is -0.0251. The molecule has 1 aromatic carbocycles. The second-order valence-electron chi connectivity index (χ2n) is 6.28. The standard InChI is InChI=1S/C17H24N2O6S/c1-19(13-6-4-3-5-7-13)16(20)11-25-17(21)12-8-9-14(24-2)15(10-12)26(18,22)23/h8-10,13H,3-7,11H2,1-2H3,(H2,18,22,23). The van der Waals surface area contributed by atoms with Crippen molar-refractivity contribution in [3.63, 3.8) is 0 Å². The summed E-state index contributed by atoms with van der Waals surface area (Å²) in [4.78, 5) is 25.7. The van der Waals surface area contributed by atoms with Gasteiger partial charge in [-0.05, 0) is 31.0 Å². The van der Waals surface area contributed by atoms with E-state index in [1.54, 1.807) is 11.9 Å². The molecule has 8 nitrogen and oxygen atoms in total. The second-order valence-corrected chi connectivity index (χ2v) is 7.81. The number of carbonyl (C=O) groups is 2. The number of primary sulfonamides is 1. The topological polar surface area (TPSA) is 116 Å². The van der Waals surface area contributed by atoms with E-state index in [2.05, 4.69) is 0 Å². The molecule has 9 heteroatoms. The van der Waals surface area contributed by atoms with Crippen LogP contribution in [0.15, 0.2) is 23.1 Å². The molecular weight excluding hydrogens is 360 g/mol. The monoisotopic (exact) mass is 384 g/mol. The Morgan fingerprint density at radius 2 is 1.88 bits per heavy atom. The van der Waals surface area contributed by atoms with Crippen LogP contribution in [0.3, 0.4) is 0 Å². The molecule has 1 fully saturated rings. The predicted octanol–water partition coefficient (Wildman–Crippen LogP) is 1.29. The van der Waals surface area contributed by atoms with Crippen molar-refractivity contribution in [3.8, 4) is 5.75 Å². The SMILES string of the molecule is COc1ccc(C(=O)OCC(=O)N(C)C2CCCCC2)cc1S(N)(=O)=O. The van der Waals surface area contributed by atoms with Crippen molar-refractivity contribution in [1.82, 2.24) is 4.90 Å². The smallest absolute Gasteiger partial charge is 0.338 e. The van der Waals surface area contributed by atoms with Crippen molar-refractivity contribution in [2.75, 3.05) is 20.8 Å². The van der Waals surface area contributed by atoms with Crippen molar-refractivity contribution in [3.05, 3.63) is 23.8 Å². The molecule has 0 radical (unpaired) electrons. The lowest BCUT2D eigenvalue weighted by Gasteiger charge is -2.31. The van der Waals surface area contributed by atoms with Crippen LogP contribution in [0.2, 0.25) is 0 Å². The number of hydrogen-bond acceptors (Lipinski definition) is 6. The van der Waals surface area contributed by atoms with Crippen molar-refractivity contribution >= 4 is 21.9 Å². The number of ether oxygens (including phenoxy) is 2. The molecule has 144 valence electrons. The van der Waals surface area contributed by atoms with Crippen LogP contribution in [-0.2, 0) is 19.6 Å². The molecule has 1 saturated carbocycles. The Morgan fingerprint density at radius 3 is 2.46 bits per heavy atom. The number of benzene rings is 1. The minimum Gasteiger partial charge on any atom is -0.495 e. The molecule has 0 heterocycles. The second kappa shape index (κ2) is 8.50. The van der Waals surface area contributed by atoms with E-state index in [1.807, 2.05) is 0 Å². The van der Waals surface area contributed by atoms with Crippen LogP contribution in [-0.4, -0.2) is 52.0 Å². The Morgan fingerprint density at radius 1 is 1.23 bits per heavy atom. The maximum Gasteiger partial charge on any atom is 0.338 e. The summed E-state index contributed by atoms with van der Waals surface area (Å²) in [7, 11) is -1.07. The molecule has 0 bridgehead atoms. The number of nitrogens with two attached hydrogens (primary N) is 1. The highest BCUT2D eigenvalue weighted by Crippen LogP contribution is 2.24. The molecule has 0 spiro atoms. The van der Waals surface area contributed by atoms with Gasteiger partial charge in [0, 0.05) is 13.1 Å². The highest BCUT2D eigenvalue weighted by Gasteiger charge is 2.24. The Labute approximate surface area is 153 Å². The summed E-state index contributed by atoms with van der Waals surface area (Å²) in [5.74, 6) is -1.06. The van der Waals surface area contributed by atoms with Gasteiger partial charge in [0.2, 0.25) is 10.0 Å². The van der Waals surface area contributed by atoms with E-state index in [-0.39, 0.29) is 28.2 Å². The minimum atomic E-state index is -4.07. The molecular formula is C17H24N2O6S. The van der Waals surface area contributed by atoms with Crippen molar-refractivity contribution in [2.45, 2.75) is 43.0 Å². The number of nitrogens with zero attached hydrogens (tertiary/aromatic N) is 1. The molecule has 0 atom stereocenters. The number of methoxy groups -OCH3 is 1. The van der Waals surface area contributed by atoms with Gasteiger partial charge in [-0.1, -0.05) is 19.3 Å². The maximum absolute atomic E-state index is 12.2. The Balaban J connectivity index is 2.02. The van der Waals surface area contributed by atoms with Gasteiger partial charge in [-0.15, -0.1) is 0 Å². The van der Waals surface area contributed by atoms with E-state index in [4.69, 9.17) is 14.6 Å². The summed E-state index contributed by atoms with van der Waals surface area (Å²) >= 11 is 0. The molecule has 1 aliphatic rings. The summed E-state index contributed by atoms with van der Waals surface area (Å²) in [6.45, 7) is -0.400. The Hall–Kier alpha value is -2.13. The fourth-order valence-corrected chi connectivity index (χ4v) is 3.73. The lowest BCUT2D eigenvalue weighted by Crippen LogP contribution is -2.40. The van der Waals surface area contributed by atoms with Crippen LogP contribution >= 0.6 is 0 Å². The summed E-state index contributed by atoms with van der Waals surface area (Å²) in [5, 5.41) is 5.13. The fraction of sp³-hybridized carbons (Fsp3) is 0.529. The number of likely N-dealkylation sites (N-methyl/N-ethyl adjacent to an activating group) is 1. The molecule has 1 aliphatic carbocycles. The van der Waals surface area contributed by atoms with E-state index in [0.29, 0.717) is 0 Å². The summed E-state index contributed by atoms with van der Waals surface area (Å²) in [6, 6.07) is 3.91. The molecule has 2 N–H and O–H groups in total. The van der Waals surface area contributed by atoms with Crippen LogP contribution < -0.4 is 9.88 Å². The van der Waals surface area contributed by atoms with Gasteiger partial charge in [0.25, 0.3) is 5.91 Å². The Bertz CT molecular complexity index is 771. The number of rotatable bonds is 6. The van der Waals surface area contributed by atoms with Crippen molar-refractivity contribution < 1.29 is 27.5 Å². The largest absolute Gasteiger partial charge is 0.495 e. The third-order valence-electron chi connectivity index (χ3n) is 4.55. The van der Waals surface area contributed by atoms with Gasteiger partial charge >= 0.3 is 5.97 Å². The lowest BCUT2D eigenvalue weighted by molar-refractivity contribution is -0.135. The first kappa shape index (κ1) is 20.2. The highest BCUT2D eigenvalue weighted by atomic mass is 32.2. The molecule has 1 aromatic rings. The van der Waals surface area contributed by atoms with E-state index < -0.39 is 22.6 Å². The minimum absolute atomic E-state index is 0.0251. The first-order valence-electron chi connectivity index (χ1n) is 8.37. The molecule has 0 aliphatic heterocycles. The first-order chi connectivity index (χ1) is 12.2. The van der Waals surface area contributed by atoms with Crippen LogP contribution in [0.5, 0.6) is 5.75 Å². The summed E-state index contributed by atoms with van der Waals surface area (Å²) < 4.78 is 33.2. The van der Waals surface area contributed by atoms with Gasteiger partial charge in [0.05, 0.1) is 12.7 Å². The average molecular weight is 384 g/mol. The molecule has 26 heavy (non-hydrogen) atoms. The molecule has 0 saturated heterocycles. The fourth-order valence-electron chi connectivity index (χ4n) is 3.01. The average Bonchev–Trinajstić information content (AvgIpc) is 2.64. The number of hydrogen-bond donors (Lipinski definition) is 1. The highest BCUT2D eigenvalue weighted by molar-refractivity contribution is 7.89. The maximum atomic E-state index is 12.2. The number of esters is 1. The predicted molar refractivity (Wildman–Crippen MR) is 94.3 cm³/mol. The third-order valence-corrected chi connectivity index (χ3v) is 5.48. The van der Waals surface area contributed by atoms with Crippen molar-refractivity contribution in [1.29, 1.82) is 0 Å². The number of amides is 1. The van der Waals surface area contributed by atoms with Gasteiger partial charge in [-0.3, -0.25) is 4.79 Å². The van der Waals surface area contributed by atoms with Gasteiger partial charge in [-0.2, -0.15) is 0 Å². The third kappa shape index (κ3) is 4.95. The summed E-state index contributed by atoms with van der Waals surface area (Å²) in [6.07, 6.45) is 5.25. The van der Waals surface area contributed by atoms with Crippen LogP contribution in [0.1, 0.15) is 42.5 Å². The van der Waals surface area contributed by atoms with E-state index in [0.717, 1.165) is 31.7 Å². The zero-order chi connectivity index (χ0) is 19.3. The molecule has 1 amide bonds. The van der Waals surface area contributed by atoms with Crippen LogP contribution in [0, 0.1) is 0 Å². The number of sulfonamides is 1. The zero-order valence-electron chi connectivity index (χ0n) is 14.9. The van der Waals surface area contributed by atoms with Gasteiger partial charge in [-0.25, -0.2) is 18.4 Å². The normalized spacial score (nSPS) is 15.3. The van der Waals surface area contributed by atoms with E-state index >= 15 is 0 Å². The van der Waals surface area contributed by atoms with Gasteiger partial charge < -0.3 is 14.4 Å². The van der Waals surface area contributed by atoms with Crippen LogP contribution in [0.4, 0.5) is 0 Å². The quantitative estimate of drug-likeness (QED) is 0.739. The zero-order valence-corrected chi connectivity index (χ0v) is 15.8. The van der Waals surface area contributed by atoms with E-state index in [9.17, 15) is 18.0 Å². The first-order valence-corrected chi connectivity index (χ1v) is 9.92. The van der Waals surface area contributed by atoms with Gasteiger partial charge in [0.15, 0.2) is 6.61 Å².